The Labute approximate surface area is 323 Å². The molecule has 0 bridgehead atoms. The second-order valence-corrected chi connectivity index (χ2v) is 15.2. The minimum absolute atomic E-state index is 0.0555. The zero-order chi connectivity index (χ0) is 38.6. The second-order valence-electron chi connectivity index (χ2n) is 15.2. The molecule has 0 radical (unpaired) electrons. The molecule has 0 amide bonds. The quantitative estimate of drug-likeness (QED) is 0.115. The van der Waals surface area contributed by atoms with Crippen molar-refractivity contribution in [2.75, 3.05) is 48.3 Å². The van der Waals surface area contributed by atoms with E-state index in [-0.39, 0.29) is 17.4 Å². The average molecular weight is 739 g/mol. The molecule has 0 saturated carbocycles. The van der Waals surface area contributed by atoms with Crippen LogP contribution < -0.4 is 28.4 Å². The molecule has 1 N–H and O–H groups in total. The van der Waals surface area contributed by atoms with Crippen LogP contribution in [0.2, 0.25) is 0 Å². The van der Waals surface area contributed by atoms with Crippen molar-refractivity contribution < 1.29 is 33.5 Å². The van der Waals surface area contributed by atoms with Crippen LogP contribution in [0.25, 0.3) is 0 Å². The third kappa shape index (κ3) is 9.29. The SMILES string of the molecule is CCCCCCC1c2ccc(OC)cc2OCC1(C)c1ccc(OC)cc1.COc1ccc(C2(C)COc3cc(OC)ccc3C2CCCCCO)cc1. The lowest BCUT2D eigenvalue weighted by Gasteiger charge is -2.43. The van der Waals surface area contributed by atoms with Gasteiger partial charge in [0.2, 0.25) is 0 Å². The van der Waals surface area contributed by atoms with Crippen molar-refractivity contribution in [3.8, 4) is 34.5 Å². The minimum atomic E-state index is -0.118. The van der Waals surface area contributed by atoms with E-state index in [1.165, 1.54) is 54.4 Å². The van der Waals surface area contributed by atoms with E-state index < -0.39 is 0 Å². The second kappa shape index (κ2) is 19.3. The van der Waals surface area contributed by atoms with E-state index in [1.807, 2.05) is 30.3 Å². The smallest absolute Gasteiger partial charge is 0.126 e. The Morgan fingerprint density at radius 3 is 1.30 bits per heavy atom. The Kier molecular flexibility index (Phi) is 14.6. The summed E-state index contributed by atoms with van der Waals surface area (Å²) in [5, 5.41) is 9.10. The van der Waals surface area contributed by atoms with Crippen LogP contribution in [0.3, 0.4) is 0 Å². The van der Waals surface area contributed by atoms with E-state index >= 15 is 0 Å². The van der Waals surface area contributed by atoms with Gasteiger partial charge in [-0.25, -0.2) is 0 Å². The summed E-state index contributed by atoms with van der Waals surface area (Å²) in [5.74, 6) is 6.10. The number of methoxy groups -OCH3 is 4. The normalized spacial score (nSPS) is 21.3. The number of hydrogen-bond acceptors (Lipinski definition) is 7. The summed E-state index contributed by atoms with van der Waals surface area (Å²) in [7, 11) is 6.78. The van der Waals surface area contributed by atoms with E-state index in [4.69, 9.17) is 33.5 Å². The van der Waals surface area contributed by atoms with Gasteiger partial charge in [0, 0.05) is 41.4 Å². The van der Waals surface area contributed by atoms with Gasteiger partial charge in [0.25, 0.3) is 0 Å². The number of benzene rings is 4. The fraction of sp³-hybridized carbons (Fsp3) is 0.489. The lowest BCUT2D eigenvalue weighted by atomic mass is 9.66. The van der Waals surface area contributed by atoms with Gasteiger partial charge in [0.15, 0.2) is 0 Å². The topological polar surface area (TPSA) is 75.6 Å². The lowest BCUT2D eigenvalue weighted by molar-refractivity contribution is 0.161. The zero-order valence-corrected chi connectivity index (χ0v) is 33.6. The number of rotatable bonds is 16. The maximum Gasteiger partial charge on any atom is 0.126 e. The van der Waals surface area contributed by atoms with Crippen LogP contribution in [0.15, 0.2) is 84.9 Å². The summed E-state index contributed by atoms with van der Waals surface area (Å²) in [6.07, 6.45) is 10.3. The largest absolute Gasteiger partial charge is 0.497 e. The molecule has 4 aromatic carbocycles. The molecule has 7 heteroatoms. The molecule has 4 atom stereocenters. The van der Waals surface area contributed by atoms with Crippen LogP contribution in [0.1, 0.15) is 113 Å². The van der Waals surface area contributed by atoms with Crippen molar-refractivity contribution in [3.63, 3.8) is 0 Å². The third-order valence-corrected chi connectivity index (χ3v) is 11.8. The monoisotopic (exact) mass is 738 g/mol. The summed E-state index contributed by atoms with van der Waals surface area (Å²) in [6.45, 7) is 8.46. The Hall–Kier alpha value is -4.36. The average Bonchev–Trinajstić information content (AvgIpc) is 3.22. The highest BCUT2D eigenvalue weighted by Gasteiger charge is 2.43. The summed E-state index contributed by atoms with van der Waals surface area (Å²) in [5.41, 5.74) is 4.94. The Morgan fingerprint density at radius 1 is 0.537 bits per heavy atom. The van der Waals surface area contributed by atoms with Crippen molar-refractivity contribution in [3.05, 3.63) is 107 Å². The highest BCUT2D eigenvalue weighted by atomic mass is 16.5. The third-order valence-electron chi connectivity index (χ3n) is 11.8. The van der Waals surface area contributed by atoms with Crippen LogP contribution in [-0.2, 0) is 10.8 Å². The molecule has 2 aliphatic rings. The van der Waals surface area contributed by atoms with Crippen LogP contribution in [0.4, 0.5) is 0 Å². The van der Waals surface area contributed by atoms with Gasteiger partial charge in [-0.3, -0.25) is 0 Å². The fourth-order valence-electron chi connectivity index (χ4n) is 8.33. The molecule has 0 aliphatic carbocycles. The van der Waals surface area contributed by atoms with Gasteiger partial charge in [0.1, 0.15) is 34.5 Å². The predicted octanol–water partition coefficient (Wildman–Crippen LogP) is 10.8. The number of ether oxygens (including phenoxy) is 6. The number of fused-ring (bicyclic) bond motifs is 2. The van der Waals surface area contributed by atoms with E-state index in [0.717, 1.165) is 60.2 Å². The Balaban J connectivity index is 0.000000208. The van der Waals surface area contributed by atoms with E-state index in [2.05, 4.69) is 75.4 Å². The first-order chi connectivity index (χ1) is 26.2. The molecule has 4 aromatic rings. The first-order valence-electron chi connectivity index (χ1n) is 19.8. The van der Waals surface area contributed by atoms with E-state index in [0.29, 0.717) is 25.0 Å². The van der Waals surface area contributed by atoms with Crippen molar-refractivity contribution in [1.82, 2.24) is 0 Å². The number of unbranched alkanes of at least 4 members (excludes halogenated alkanes) is 5. The summed E-state index contributed by atoms with van der Waals surface area (Å²) < 4.78 is 33.9. The van der Waals surface area contributed by atoms with Crippen molar-refractivity contribution >= 4 is 0 Å². The molecule has 292 valence electrons. The molecule has 2 aliphatic heterocycles. The molecule has 4 unspecified atom stereocenters. The molecule has 0 aromatic heterocycles. The molecule has 7 nitrogen and oxygen atoms in total. The summed E-state index contributed by atoms with van der Waals surface area (Å²) in [4.78, 5) is 0. The standard InChI is InChI=1S/C24H32O3.C23H30O4/c1-5-6-7-8-9-22-21-15-14-20(26-4)16-23(21)27-17-24(22,2)18-10-12-19(25-3)13-11-18;1-23(17-8-10-18(25-2)11-9-17)16-27-22-15-19(26-3)12-13-20(22)21(23)7-5-4-6-14-24/h10-16,22H,5-9,17H2,1-4H3;8-13,15,21,24H,4-7,14,16H2,1-3H3. The highest BCUT2D eigenvalue weighted by molar-refractivity contribution is 5.50. The molecule has 0 saturated heterocycles. The summed E-state index contributed by atoms with van der Waals surface area (Å²) in [6, 6.07) is 29.3. The Morgan fingerprint density at radius 2 is 0.926 bits per heavy atom. The molecule has 0 spiro atoms. The number of aliphatic hydroxyl groups excluding tert-OH is 1. The molecule has 2 heterocycles. The van der Waals surface area contributed by atoms with Gasteiger partial charge in [-0.1, -0.05) is 95.7 Å². The van der Waals surface area contributed by atoms with Crippen LogP contribution in [0, 0.1) is 0 Å². The highest BCUT2D eigenvalue weighted by Crippen LogP contribution is 2.51. The minimum Gasteiger partial charge on any atom is -0.497 e. The maximum absolute atomic E-state index is 9.10. The van der Waals surface area contributed by atoms with E-state index in [9.17, 15) is 0 Å². The number of hydrogen-bond donors (Lipinski definition) is 1. The fourth-order valence-corrected chi connectivity index (χ4v) is 8.33. The molecule has 6 rings (SSSR count). The first kappa shape index (κ1) is 40.8. The van der Waals surface area contributed by atoms with Crippen molar-refractivity contribution in [2.24, 2.45) is 0 Å². The molecular weight excluding hydrogens is 677 g/mol. The van der Waals surface area contributed by atoms with Crippen molar-refractivity contribution in [2.45, 2.75) is 101 Å². The van der Waals surface area contributed by atoms with Crippen LogP contribution in [0.5, 0.6) is 34.5 Å². The van der Waals surface area contributed by atoms with Crippen LogP contribution >= 0.6 is 0 Å². The maximum atomic E-state index is 9.10. The lowest BCUT2D eigenvalue weighted by Crippen LogP contribution is -2.40. The van der Waals surface area contributed by atoms with Gasteiger partial charge >= 0.3 is 0 Å². The zero-order valence-electron chi connectivity index (χ0n) is 33.6. The van der Waals surface area contributed by atoms with Gasteiger partial charge in [0.05, 0.1) is 41.7 Å². The molecular formula is C47H62O7. The summed E-state index contributed by atoms with van der Waals surface area (Å²) >= 11 is 0. The van der Waals surface area contributed by atoms with E-state index in [1.54, 1.807) is 28.4 Å². The first-order valence-corrected chi connectivity index (χ1v) is 19.8. The molecule has 0 fully saturated rings. The number of aliphatic hydroxyl groups is 1. The van der Waals surface area contributed by atoms with Gasteiger partial charge in [-0.15, -0.1) is 0 Å². The van der Waals surface area contributed by atoms with Gasteiger partial charge in [-0.2, -0.15) is 0 Å². The predicted molar refractivity (Wildman–Crippen MR) is 217 cm³/mol. The molecule has 54 heavy (non-hydrogen) atoms. The van der Waals surface area contributed by atoms with Crippen LogP contribution in [-0.4, -0.2) is 53.4 Å². The van der Waals surface area contributed by atoms with Crippen molar-refractivity contribution in [1.29, 1.82) is 0 Å². The van der Waals surface area contributed by atoms with Gasteiger partial charge in [-0.05, 0) is 77.9 Å². The van der Waals surface area contributed by atoms with Gasteiger partial charge < -0.3 is 33.5 Å². The Bertz CT molecular complexity index is 1610.